The maximum Gasteiger partial charge on any atom is 0.309 e. The average Bonchev–Trinajstić information content (AvgIpc) is 2.47. The number of aromatic hydroxyl groups is 1. The Kier molecular flexibility index (Phi) is 4.59. The highest BCUT2D eigenvalue weighted by atomic mass is 16.5. The molecule has 0 radical (unpaired) electrons. The van der Waals surface area contributed by atoms with Crippen molar-refractivity contribution in [1.82, 2.24) is 4.90 Å². The number of rotatable bonds is 3. The Balaban J connectivity index is 2.23. The van der Waals surface area contributed by atoms with Gasteiger partial charge in [-0.05, 0) is 24.1 Å². The van der Waals surface area contributed by atoms with Gasteiger partial charge in [-0.3, -0.25) is 9.69 Å². The number of phenols is 1. The molecule has 5 heteroatoms. The van der Waals surface area contributed by atoms with Crippen LogP contribution in [0, 0.1) is 17.2 Å². The van der Waals surface area contributed by atoms with Crippen molar-refractivity contribution in [2.75, 3.05) is 26.7 Å². The second-order valence-electron chi connectivity index (χ2n) is 5.01. The topological polar surface area (TPSA) is 73.6 Å². The van der Waals surface area contributed by atoms with Gasteiger partial charge in [0.2, 0.25) is 0 Å². The van der Waals surface area contributed by atoms with Crippen LogP contribution in [0.4, 0.5) is 0 Å². The number of nitrogens with zero attached hydrogens (tertiary/aromatic N) is 2. The predicted octanol–water partition coefficient (Wildman–Crippen LogP) is 1.49. The molecule has 1 heterocycles. The molecule has 2 atom stereocenters. The molecule has 1 fully saturated rings. The predicted molar refractivity (Wildman–Crippen MR) is 73.0 cm³/mol. The van der Waals surface area contributed by atoms with Gasteiger partial charge in [0.15, 0.2) is 0 Å². The summed E-state index contributed by atoms with van der Waals surface area (Å²) in [5, 5.41) is 18.2. The minimum absolute atomic E-state index is 0.00912. The zero-order chi connectivity index (χ0) is 14.5. The Morgan fingerprint density at radius 3 is 2.80 bits per heavy atom. The number of nitriles is 1. The van der Waals surface area contributed by atoms with E-state index in [-0.39, 0.29) is 23.6 Å². The molecule has 0 aromatic heterocycles. The summed E-state index contributed by atoms with van der Waals surface area (Å²) in [5.74, 6) is -0.211. The van der Waals surface area contributed by atoms with Gasteiger partial charge >= 0.3 is 5.97 Å². The molecule has 1 aliphatic rings. The lowest BCUT2D eigenvalue weighted by molar-refractivity contribution is -0.147. The van der Waals surface area contributed by atoms with Gasteiger partial charge in [0, 0.05) is 19.0 Å². The van der Waals surface area contributed by atoms with E-state index in [1.165, 1.54) is 7.11 Å². The lowest BCUT2D eigenvalue weighted by Gasteiger charge is -2.36. The quantitative estimate of drug-likeness (QED) is 0.668. The van der Waals surface area contributed by atoms with Gasteiger partial charge < -0.3 is 9.84 Å². The molecule has 2 unspecified atom stereocenters. The number of benzene rings is 1. The van der Waals surface area contributed by atoms with Gasteiger partial charge in [-0.2, -0.15) is 5.26 Å². The van der Waals surface area contributed by atoms with Crippen molar-refractivity contribution < 1.29 is 14.6 Å². The van der Waals surface area contributed by atoms with E-state index >= 15 is 0 Å². The number of ether oxygens (including phenoxy) is 1. The molecule has 1 N–H and O–H groups in total. The molecule has 1 aliphatic heterocycles. The first-order valence-corrected chi connectivity index (χ1v) is 6.61. The molecule has 0 aliphatic carbocycles. The second kappa shape index (κ2) is 6.40. The third kappa shape index (κ3) is 3.09. The van der Waals surface area contributed by atoms with Crippen molar-refractivity contribution in [1.29, 1.82) is 5.26 Å². The van der Waals surface area contributed by atoms with Crippen molar-refractivity contribution >= 4 is 5.97 Å². The average molecular weight is 274 g/mol. The van der Waals surface area contributed by atoms with Crippen LogP contribution in [0.25, 0.3) is 0 Å². The number of likely N-dealkylation sites (tertiary alicyclic amines) is 1. The van der Waals surface area contributed by atoms with Crippen molar-refractivity contribution in [3.8, 4) is 11.8 Å². The first-order valence-electron chi connectivity index (χ1n) is 6.61. The van der Waals surface area contributed by atoms with Crippen LogP contribution in [0.1, 0.15) is 17.9 Å². The molecule has 1 aromatic carbocycles. The van der Waals surface area contributed by atoms with E-state index in [1.807, 2.05) is 17.0 Å². The lowest BCUT2D eigenvalue weighted by Crippen LogP contribution is -2.42. The second-order valence-corrected chi connectivity index (χ2v) is 5.01. The Labute approximate surface area is 118 Å². The number of carbonyl (C=O) groups is 1. The zero-order valence-electron chi connectivity index (χ0n) is 11.5. The molecular formula is C15H18N2O3. The van der Waals surface area contributed by atoms with E-state index in [0.717, 1.165) is 12.1 Å². The summed E-state index contributed by atoms with van der Waals surface area (Å²) in [6.45, 7) is 1.74. The molecule has 1 saturated heterocycles. The fourth-order valence-electron chi connectivity index (χ4n) is 2.76. The smallest absolute Gasteiger partial charge is 0.309 e. The van der Waals surface area contributed by atoms with Crippen LogP contribution in [0.15, 0.2) is 24.3 Å². The molecule has 106 valence electrons. The number of esters is 1. The first-order chi connectivity index (χ1) is 9.65. The fourth-order valence-corrected chi connectivity index (χ4v) is 2.76. The van der Waals surface area contributed by atoms with Crippen LogP contribution in [-0.4, -0.2) is 42.7 Å². The minimum Gasteiger partial charge on any atom is -0.508 e. The molecule has 0 saturated carbocycles. The Bertz CT molecular complexity index is 507. The highest BCUT2D eigenvalue weighted by Crippen LogP contribution is 2.33. The highest BCUT2D eigenvalue weighted by molar-refractivity contribution is 5.74. The van der Waals surface area contributed by atoms with Crippen LogP contribution in [-0.2, 0) is 9.53 Å². The monoisotopic (exact) mass is 274 g/mol. The summed E-state index contributed by atoms with van der Waals surface area (Å²) < 4.78 is 4.89. The Morgan fingerprint density at radius 1 is 1.50 bits per heavy atom. The summed E-state index contributed by atoms with van der Waals surface area (Å²) in [6.07, 6.45) is 0.680. The van der Waals surface area contributed by atoms with Gasteiger partial charge in [-0.1, -0.05) is 12.1 Å². The molecule has 5 nitrogen and oxygen atoms in total. The number of piperidine rings is 1. The third-order valence-electron chi connectivity index (χ3n) is 3.82. The van der Waals surface area contributed by atoms with E-state index in [4.69, 9.17) is 10.00 Å². The van der Waals surface area contributed by atoms with Gasteiger partial charge in [0.25, 0.3) is 0 Å². The summed E-state index contributed by atoms with van der Waals surface area (Å²) in [4.78, 5) is 14.0. The Morgan fingerprint density at radius 2 is 2.20 bits per heavy atom. The van der Waals surface area contributed by atoms with Crippen molar-refractivity contribution in [3.05, 3.63) is 29.8 Å². The van der Waals surface area contributed by atoms with Gasteiger partial charge in [0.05, 0.1) is 25.6 Å². The summed E-state index contributed by atoms with van der Waals surface area (Å²) in [6, 6.07) is 9.03. The fraction of sp³-hybridized carbons (Fsp3) is 0.467. The molecule has 1 aromatic rings. The van der Waals surface area contributed by atoms with Gasteiger partial charge in [0.1, 0.15) is 5.75 Å². The van der Waals surface area contributed by atoms with Crippen LogP contribution >= 0.6 is 0 Å². The van der Waals surface area contributed by atoms with Gasteiger partial charge in [-0.25, -0.2) is 0 Å². The summed E-state index contributed by atoms with van der Waals surface area (Å²) in [7, 11) is 1.40. The van der Waals surface area contributed by atoms with Crippen LogP contribution < -0.4 is 0 Å². The molecule has 0 amide bonds. The number of hydrogen-bond donors (Lipinski definition) is 1. The van der Waals surface area contributed by atoms with Crippen molar-refractivity contribution in [2.24, 2.45) is 5.92 Å². The van der Waals surface area contributed by atoms with E-state index in [9.17, 15) is 9.90 Å². The molecule has 2 rings (SSSR count). The summed E-state index contributed by atoms with van der Waals surface area (Å²) in [5.41, 5.74) is 0.987. The van der Waals surface area contributed by atoms with E-state index in [0.29, 0.717) is 19.5 Å². The molecule has 0 spiro atoms. The van der Waals surface area contributed by atoms with E-state index in [2.05, 4.69) is 6.07 Å². The SMILES string of the molecule is COC(=O)C1CCN(CC#N)CC1c1ccc(O)cc1. The highest BCUT2D eigenvalue weighted by Gasteiger charge is 2.35. The van der Waals surface area contributed by atoms with Crippen molar-refractivity contribution in [2.45, 2.75) is 12.3 Å². The first kappa shape index (κ1) is 14.4. The maximum atomic E-state index is 11.9. The molecule has 0 bridgehead atoms. The van der Waals surface area contributed by atoms with Crippen LogP contribution in [0.5, 0.6) is 5.75 Å². The number of carbonyl (C=O) groups excluding carboxylic acids is 1. The van der Waals surface area contributed by atoms with Crippen molar-refractivity contribution in [3.63, 3.8) is 0 Å². The summed E-state index contributed by atoms with van der Waals surface area (Å²) >= 11 is 0. The zero-order valence-corrected chi connectivity index (χ0v) is 11.5. The number of hydrogen-bond acceptors (Lipinski definition) is 5. The molecular weight excluding hydrogens is 256 g/mol. The minimum atomic E-state index is -0.209. The standard InChI is InChI=1S/C15H18N2O3/c1-20-15(19)13-6-8-17(9-7-16)10-14(13)11-2-4-12(18)5-3-11/h2-5,13-14,18H,6,8-10H2,1H3. The third-order valence-corrected chi connectivity index (χ3v) is 3.82. The van der Waals surface area contributed by atoms with Gasteiger partial charge in [-0.15, -0.1) is 0 Å². The largest absolute Gasteiger partial charge is 0.508 e. The molecule has 20 heavy (non-hydrogen) atoms. The van der Waals surface area contributed by atoms with Crippen LogP contribution in [0.3, 0.4) is 0 Å². The van der Waals surface area contributed by atoms with E-state index in [1.54, 1.807) is 12.1 Å². The lowest BCUT2D eigenvalue weighted by atomic mass is 9.80. The normalized spacial score (nSPS) is 23.0. The maximum absolute atomic E-state index is 11.9. The van der Waals surface area contributed by atoms with E-state index < -0.39 is 0 Å². The van der Waals surface area contributed by atoms with Crippen LogP contribution in [0.2, 0.25) is 0 Å². The Hall–Kier alpha value is -2.06. The number of phenolic OH excluding ortho intramolecular Hbond substituents is 1. The number of methoxy groups -OCH3 is 1.